The number of nitrogens with zero attached hydrogens (tertiary/aromatic N) is 2. The highest BCUT2D eigenvalue weighted by Crippen LogP contribution is 2.54. The van der Waals surface area contributed by atoms with Crippen molar-refractivity contribution in [2.75, 3.05) is 11.9 Å². The predicted molar refractivity (Wildman–Crippen MR) is 83.0 cm³/mol. The zero-order valence-electron chi connectivity index (χ0n) is 12.8. The first-order valence-electron chi connectivity index (χ1n) is 7.62. The van der Waals surface area contributed by atoms with Crippen LogP contribution in [0.15, 0.2) is 30.5 Å². The maximum atomic E-state index is 14.1. The monoisotopic (exact) mass is 342 g/mol. The standard InChI is InChI=1S/C17H12F2N4O2/c18-9-3-11(19)15-12(4-9)25-7-10-14(15)16(10)23-17(24)22-13-2-1-8(5-20)6-21-13/h1-4,6,10,14,16H,7H2,(H2,21,22,23,24)/t10-,14-,16?/m0/s1. The van der Waals surface area contributed by atoms with E-state index in [9.17, 15) is 13.6 Å². The SMILES string of the molecule is N#Cc1ccc(NC(=O)NC2[C@H]3COc4cc(F)cc(F)c4[C@@H]23)nc1. The van der Waals surface area contributed by atoms with Crippen LogP contribution in [0.1, 0.15) is 17.0 Å². The third-order valence-corrected chi connectivity index (χ3v) is 4.42. The van der Waals surface area contributed by atoms with Gasteiger partial charge in [-0.1, -0.05) is 0 Å². The molecule has 4 rings (SSSR count). The van der Waals surface area contributed by atoms with Gasteiger partial charge in [0, 0.05) is 41.8 Å². The second-order valence-corrected chi connectivity index (χ2v) is 5.97. The third-order valence-electron chi connectivity index (χ3n) is 4.42. The Morgan fingerprint density at radius 3 is 2.92 bits per heavy atom. The number of nitriles is 1. The number of rotatable bonds is 2. The van der Waals surface area contributed by atoms with Gasteiger partial charge in [0.05, 0.1) is 12.2 Å². The Hall–Kier alpha value is -3.21. The Morgan fingerprint density at radius 1 is 1.36 bits per heavy atom. The van der Waals surface area contributed by atoms with Crippen LogP contribution in [-0.4, -0.2) is 23.7 Å². The summed E-state index contributed by atoms with van der Waals surface area (Å²) >= 11 is 0. The molecule has 2 amide bonds. The molecule has 0 saturated heterocycles. The molecule has 1 fully saturated rings. The van der Waals surface area contributed by atoms with Gasteiger partial charge >= 0.3 is 6.03 Å². The van der Waals surface area contributed by atoms with E-state index in [-0.39, 0.29) is 23.6 Å². The van der Waals surface area contributed by atoms with Crippen molar-refractivity contribution in [3.63, 3.8) is 0 Å². The highest BCUT2D eigenvalue weighted by Gasteiger charge is 2.56. The molecule has 1 saturated carbocycles. The Kier molecular flexibility index (Phi) is 3.50. The molecule has 2 aliphatic rings. The topological polar surface area (TPSA) is 87.0 Å². The molecule has 0 bridgehead atoms. The van der Waals surface area contributed by atoms with Gasteiger partial charge < -0.3 is 10.1 Å². The van der Waals surface area contributed by atoms with Crippen LogP contribution in [0, 0.1) is 28.9 Å². The van der Waals surface area contributed by atoms with Crippen LogP contribution in [0.2, 0.25) is 0 Å². The summed E-state index contributed by atoms with van der Waals surface area (Å²) in [5, 5.41) is 14.0. The molecular formula is C17H12F2N4O2. The first kappa shape index (κ1) is 15.3. The molecule has 126 valence electrons. The van der Waals surface area contributed by atoms with E-state index >= 15 is 0 Å². The quantitative estimate of drug-likeness (QED) is 0.878. The second-order valence-electron chi connectivity index (χ2n) is 5.97. The largest absolute Gasteiger partial charge is 0.493 e. The minimum absolute atomic E-state index is 0.0489. The minimum Gasteiger partial charge on any atom is -0.493 e. The summed E-state index contributed by atoms with van der Waals surface area (Å²) in [6.07, 6.45) is 1.35. The van der Waals surface area contributed by atoms with E-state index in [1.807, 2.05) is 6.07 Å². The number of halogens is 2. The van der Waals surface area contributed by atoms with Crippen LogP contribution < -0.4 is 15.4 Å². The average Bonchev–Trinajstić information content (AvgIpc) is 3.27. The summed E-state index contributed by atoms with van der Waals surface area (Å²) in [6.45, 7) is 0.292. The molecule has 1 aliphatic carbocycles. The van der Waals surface area contributed by atoms with E-state index in [0.29, 0.717) is 23.6 Å². The average molecular weight is 342 g/mol. The number of nitrogens with one attached hydrogen (secondary N) is 2. The van der Waals surface area contributed by atoms with E-state index in [4.69, 9.17) is 10.00 Å². The van der Waals surface area contributed by atoms with E-state index in [1.165, 1.54) is 18.3 Å². The summed E-state index contributed by atoms with van der Waals surface area (Å²) < 4.78 is 32.7. The lowest BCUT2D eigenvalue weighted by atomic mass is 10.0. The van der Waals surface area contributed by atoms with Gasteiger partial charge in [-0.15, -0.1) is 0 Å². The molecule has 1 aromatic carbocycles. The van der Waals surface area contributed by atoms with E-state index < -0.39 is 17.7 Å². The van der Waals surface area contributed by atoms with E-state index in [0.717, 1.165) is 12.1 Å². The maximum absolute atomic E-state index is 14.1. The number of urea groups is 1. The molecule has 6 nitrogen and oxygen atoms in total. The van der Waals surface area contributed by atoms with Crippen molar-refractivity contribution < 1.29 is 18.3 Å². The number of hydrogen-bond donors (Lipinski definition) is 2. The van der Waals surface area contributed by atoms with E-state index in [2.05, 4.69) is 15.6 Å². The van der Waals surface area contributed by atoms with Gasteiger partial charge in [-0.2, -0.15) is 5.26 Å². The molecule has 2 aromatic rings. The summed E-state index contributed by atoms with van der Waals surface area (Å²) in [7, 11) is 0. The highest BCUT2D eigenvalue weighted by molar-refractivity contribution is 5.89. The molecule has 2 N–H and O–H groups in total. The third kappa shape index (κ3) is 2.74. The van der Waals surface area contributed by atoms with Gasteiger partial charge in [-0.3, -0.25) is 5.32 Å². The zero-order chi connectivity index (χ0) is 17.6. The molecular weight excluding hydrogens is 330 g/mol. The molecule has 3 atom stereocenters. The Morgan fingerprint density at radius 2 is 2.20 bits per heavy atom. The molecule has 0 radical (unpaired) electrons. The van der Waals surface area contributed by atoms with Crippen LogP contribution in [0.4, 0.5) is 19.4 Å². The lowest BCUT2D eigenvalue weighted by molar-refractivity contribution is 0.249. The molecule has 1 aromatic heterocycles. The van der Waals surface area contributed by atoms with Crippen molar-refractivity contribution in [3.8, 4) is 11.8 Å². The van der Waals surface area contributed by atoms with Gasteiger partial charge in [-0.25, -0.2) is 18.6 Å². The summed E-state index contributed by atoms with van der Waals surface area (Å²) in [5.41, 5.74) is 0.690. The number of fused-ring (bicyclic) bond motifs is 3. The number of carbonyl (C=O) groups excluding carboxylic acids is 1. The number of carbonyl (C=O) groups is 1. The van der Waals surface area contributed by atoms with Gasteiger partial charge in [0.15, 0.2) is 0 Å². The molecule has 2 heterocycles. The Bertz CT molecular complexity index is 895. The number of anilines is 1. The number of ether oxygens (including phenoxy) is 1. The first-order chi connectivity index (χ1) is 12.1. The molecule has 1 aliphatic heterocycles. The maximum Gasteiger partial charge on any atom is 0.320 e. The van der Waals surface area contributed by atoms with Crippen molar-refractivity contribution in [2.24, 2.45) is 5.92 Å². The van der Waals surface area contributed by atoms with Crippen molar-refractivity contribution in [1.82, 2.24) is 10.3 Å². The van der Waals surface area contributed by atoms with Crippen LogP contribution in [-0.2, 0) is 0 Å². The number of amides is 2. The van der Waals surface area contributed by atoms with Gasteiger partial charge in [0.25, 0.3) is 0 Å². The minimum atomic E-state index is -0.690. The zero-order valence-corrected chi connectivity index (χ0v) is 12.8. The van der Waals surface area contributed by atoms with Crippen molar-refractivity contribution in [2.45, 2.75) is 12.0 Å². The Labute approximate surface area is 141 Å². The number of aromatic nitrogens is 1. The molecule has 25 heavy (non-hydrogen) atoms. The van der Waals surface area contributed by atoms with Crippen LogP contribution in [0.3, 0.4) is 0 Å². The number of hydrogen-bond acceptors (Lipinski definition) is 4. The lowest BCUT2D eigenvalue weighted by Gasteiger charge is -2.16. The fourth-order valence-corrected chi connectivity index (χ4v) is 3.20. The van der Waals surface area contributed by atoms with Crippen molar-refractivity contribution in [3.05, 3.63) is 53.2 Å². The summed E-state index contributed by atoms with van der Waals surface area (Å²) in [5.74, 6) is -1.15. The van der Waals surface area contributed by atoms with Crippen molar-refractivity contribution in [1.29, 1.82) is 5.26 Å². The Balaban J connectivity index is 1.44. The van der Waals surface area contributed by atoms with E-state index in [1.54, 1.807) is 0 Å². The first-order valence-corrected chi connectivity index (χ1v) is 7.62. The predicted octanol–water partition coefficient (Wildman–Crippen LogP) is 2.53. The van der Waals surface area contributed by atoms with Gasteiger partial charge in [0.2, 0.25) is 0 Å². The molecule has 1 unspecified atom stereocenters. The smallest absolute Gasteiger partial charge is 0.320 e. The fourth-order valence-electron chi connectivity index (χ4n) is 3.20. The number of benzene rings is 1. The molecule has 8 heteroatoms. The normalized spacial score (nSPS) is 22.7. The van der Waals surface area contributed by atoms with Crippen molar-refractivity contribution >= 4 is 11.8 Å². The fraction of sp³-hybridized carbons (Fsp3) is 0.235. The highest BCUT2D eigenvalue weighted by atomic mass is 19.1. The van der Waals surface area contributed by atoms with Crippen LogP contribution in [0.25, 0.3) is 0 Å². The summed E-state index contributed by atoms with van der Waals surface area (Å²) in [4.78, 5) is 16.0. The summed E-state index contributed by atoms with van der Waals surface area (Å²) in [6, 6.07) is 6.18. The second kappa shape index (κ2) is 5.70. The van der Waals surface area contributed by atoms with Crippen LogP contribution >= 0.6 is 0 Å². The lowest BCUT2D eigenvalue weighted by Crippen LogP contribution is -2.32. The molecule has 0 spiro atoms. The number of pyridine rings is 1. The van der Waals surface area contributed by atoms with Crippen LogP contribution in [0.5, 0.6) is 5.75 Å². The van der Waals surface area contributed by atoms with Gasteiger partial charge in [-0.05, 0) is 12.1 Å². The van der Waals surface area contributed by atoms with Gasteiger partial charge in [0.1, 0.15) is 29.3 Å².